The van der Waals surface area contributed by atoms with Gasteiger partial charge in [0.25, 0.3) is 0 Å². The van der Waals surface area contributed by atoms with Crippen molar-refractivity contribution in [3.05, 3.63) is 29.6 Å². The highest BCUT2D eigenvalue weighted by Gasteiger charge is 2.33. The molecule has 1 fully saturated rings. The molecule has 0 bridgehead atoms. The van der Waals surface area contributed by atoms with Crippen molar-refractivity contribution in [2.45, 2.75) is 24.9 Å². The van der Waals surface area contributed by atoms with E-state index >= 15 is 0 Å². The summed E-state index contributed by atoms with van der Waals surface area (Å²) in [6.45, 7) is 3.22. The minimum atomic E-state index is -0.626. The number of rotatable bonds is 2. The molecule has 0 aromatic heterocycles. The van der Waals surface area contributed by atoms with Gasteiger partial charge < -0.3 is 15.3 Å². The molecule has 2 aliphatic heterocycles. The van der Waals surface area contributed by atoms with E-state index in [1.54, 1.807) is 6.07 Å². The summed E-state index contributed by atoms with van der Waals surface area (Å²) in [5, 5.41) is 13.8. The number of benzene rings is 1. The highest BCUT2D eigenvalue weighted by atomic mass is 19.1. The molecule has 0 saturated carbocycles. The molecule has 0 radical (unpaired) electrons. The van der Waals surface area contributed by atoms with Crippen LogP contribution in [0.3, 0.4) is 0 Å². The molecule has 2 heterocycles. The highest BCUT2D eigenvalue weighted by molar-refractivity contribution is 5.58. The Morgan fingerprint density at radius 1 is 1.33 bits per heavy atom. The van der Waals surface area contributed by atoms with Crippen molar-refractivity contribution in [2.75, 3.05) is 31.1 Å². The van der Waals surface area contributed by atoms with E-state index in [4.69, 9.17) is 0 Å². The molecule has 1 aromatic carbocycles. The average molecular weight is 250 g/mol. The number of anilines is 1. The molecule has 4 heteroatoms. The van der Waals surface area contributed by atoms with E-state index in [2.05, 4.69) is 10.2 Å². The predicted molar refractivity (Wildman–Crippen MR) is 69.4 cm³/mol. The van der Waals surface area contributed by atoms with E-state index in [0.29, 0.717) is 6.54 Å². The molecule has 0 atom stereocenters. The zero-order chi connectivity index (χ0) is 12.6. The monoisotopic (exact) mass is 250 g/mol. The van der Waals surface area contributed by atoms with Gasteiger partial charge in [0.2, 0.25) is 0 Å². The lowest BCUT2D eigenvalue weighted by Gasteiger charge is -2.36. The zero-order valence-corrected chi connectivity index (χ0v) is 10.5. The van der Waals surface area contributed by atoms with Gasteiger partial charge in [-0.1, -0.05) is 6.07 Å². The van der Waals surface area contributed by atoms with Gasteiger partial charge >= 0.3 is 0 Å². The Labute approximate surface area is 107 Å². The Balaban J connectivity index is 1.77. The number of fused-ring (bicyclic) bond motifs is 1. The SMILES string of the molecule is OC1(CN2CCc3ccc(F)cc32)CCNCC1. The molecule has 2 N–H and O–H groups in total. The summed E-state index contributed by atoms with van der Waals surface area (Å²) in [6.07, 6.45) is 2.49. The van der Waals surface area contributed by atoms with Crippen LogP contribution in [0.4, 0.5) is 10.1 Å². The van der Waals surface area contributed by atoms with Crippen LogP contribution in [0.25, 0.3) is 0 Å². The third-order valence-electron chi connectivity index (χ3n) is 4.06. The van der Waals surface area contributed by atoms with Gasteiger partial charge in [0, 0.05) is 18.8 Å². The fourth-order valence-electron chi connectivity index (χ4n) is 2.99. The van der Waals surface area contributed by atoms with Gasteiger partial charge in [-0.25, -0.2) is 4.39 Å². The number of β-amino-alcohol motifs (C(OH)–C–C–N with tert-alkyl or cyclic N) is 1. The zero-order valence-electron chi connectivity index (χ0n) is 10.5. The van der Waals surface area contributed by atoms with E-state index in [0.717, 1.165) is 44.6 Å². The first-order valence-electron chi connectivity index (χ1n) is 6.63. The molecule has 3 rings (SSSR count). The van der Waals surface area contributed by atoms with Gasteiger partial charge in [-0.3, -0.25) is 0 Å². The van der Waals surface area contributed by atoms with Crippen LogP contribution in [-0.2, 0) is 6.42 Å². The fraction of sp³-hybridized carbons (Fsp3) is 0.571. The van der Waals surface area contributed by atoms with Gasteiger partial charge in [-0.15, -0.1) is 0 Å². The Bertz CT molecular complexity index is 443. The summed E-state index contributed by atoms with van der Waals surface area (Å²) in [5.74, 6) is -0.196. The van der Waals surface area contributed by atoms with Gasteiger partial charge in [0.15, 0.2) is 0 Å². The van der Waals surface area contributed by atoms with Crippen LogP contribution in [-0.4, -0.2) is 36.9 Å². The fourth-order valence-corrected chi connectivity index (χ4v) is 2.99. The third-order valence-corrected chi connectivity index (χ3v) is 4.06. The lowest BCUT2D eigenvalue weighted by Crippen LogP contribution is -2.49. The maximum Gasteiger partial charge on any atom is 0.125 e. The smallest absolute Gasteiger partial charge is 0.125 e. The summed E-state index contributed by atoms with van der Waals surface area (Å²) in [7, 11) is 0. The maximum absolute atomic E-state index is 13.3. The van der Waals surface area contributed by atoms with Crippen molar-refractivity contribution in [1.29, 1.82) is 0 Å². The van der Waals surface area contributed by atoms with Gasteiger partial charge in [-0.2, -0.15) is 0 Å². The molecule has 0 unspecified atom stereocenters. The molecule has 1 aromatic rings. The van der Waals surface area contributed by atoms with Crippen molar-refractivity contribution in [1.82, 2.24) is 5.32 Å². The Kier molecular flexibility index (Phi) is 2.99. The number of aliphatic hydroxyl groups is 1. The number of hydrogen-bond acceptors (Lipinski definition) is 3. The van der Waals surface area contributed by atoms with Crippen molar-refractivity contribution in [3.63, 3.8) is 0 Å². The standard InChI is InChI=1S/C14H19FN2O/c15-12-2-1-11-3-8-17(13(11)9-12)10-14(18)4-6-16-7-5-14/h1-2,9,16,18H,3-8,10H2. The first kappa shape index (κ1) is 11.9. The van der Waals surface area contributed by atoms with E-state index in [9.17, 15) is 9.50 Å². The molecule has 0 spiro atoms. The highest BCUT2D eigenvalue weighted by Crippen LogP contribution is 2.31. The van der Waals surface area contributed by atoms with E-state index in [1.165, 1.54) is 11.6 Å². The molecule has 98 valence electrons. The first-order valence-corrected chi connectivity index (χ1v) is 6.63. The van der Waals surface area contributed by atoms with Crippen LogP contribution in [0.1, 0.15) is 18.4 Å². The molecule has 0 aliphatic carbocycles. The number of hydrogen-bond donors (Lipinski definition) is 2. The van der Waals surface area contributed by atoms with Gasteiger partial charge in [-0.05, 0) is 50.0 Å². The van der Waals surface area contributed by atoms with Crippen molar-refractivity contribution >= 4 is 5.69 Å². The van der Waals surface area contributed by atoms with Gasteiger partial charge in [0.05, 0.1) is 5.60 Å². The van der Waals surface area contributed by atoms with Crippen LogP contribution >= 0.6 is 0 Å². The summed E-state index contributed by atoms with van der Waals surface area (Å²) in [5.41, 5.74) is 1.52. The minimum Gasteiger partial charge on any atom is -0.388 e. The second kappa shape index (κ2) is 4.52. The molecule has 18 heavy (non-hydrogen) atoms. The van der Waals surface area contributed by atoms with E-state index in [-0.39, 0.29) is 5.82 Å². The van der Waals surface area contributed by atoms with Crippen LogP contribution in [0.5, 0.6) is 0 Å². The van der Waals surface area contributed by atoms with Crippen LogP contribution in [0, 0.1) is 5.82 Å². The third kappa shape index (κ3) is 2.22. The lowest BCUT2D eigenvalue weighted by atomic mass is 9.92. The van der Waals surface area contributed by atoms with Crippen molar-refractivity contribution in [3.8, 4) is 0 Å². The van der Waals surface area contributed by atoms with E-state index < -0.39 is 5.60 Å². The minimum absolute atomic E-state index is 0.196. The normalized spacial score (nSPS) is 22.0. The molecule has 0 amide bonds. The number of halogens is 1. The van der Waals surface area contributed by atoms with Crippen molar-refractivity contribution in [2.24, 2.45) is 0 Å². The maximum atomic E-state index is 13.3. The first-order chi connectivity index (χ1) is 8.66. The Morgan fingerprint density at radius 3 is 2.89 bits per heavy atom. The second-order valence-electron chi connectivity index (χ2n) is 5.42. The molecule has 1 saturated heterocycles. The lowest BCUT2D eigenvalue weighted by molar-refractivity contribution is 0.0177. The van der Waals surface area contributed by atoms with Crippen molar-refractivity contribution < 1.29 is 9.50 Å². The topological polar surface area (TPSA) is 35.5 Å². The quantitative estimate of drug-likeness (QED) is 0.830. The number of nitrogens with zero attached hydrogens (tertiary/aromatic N) is 1. The largest absolute Gasteiger partial charge is 0.388 e. The molecular formula is C14H19FN2O. The predicted octanol–water partition coefficient (Wildman–Crippen LogP) is 1.30. The molecule has 3 nitrogen and oxygen atoms in total. The molecular weight excluding hydrogens is 231 g/mol. The summed E-state index contributed by atoms with van der Waals surface area (Å²) >= 11 is 0. The number of nitrogens with one attached hydrogen (secondary N) is 1. The Hall–Kier alpha value is -1.13. The summed E-state index contributed by atoms with van der Waals surface area (Å²) < 4.78 is 13.3. The number of piperidine rings is 1. The van der Waals surface area contributed by atoms with Crippen LogP contribution < -0.4 is 10.2 Å². The average Bonchev–Trinajstić information content (AvgIpc) is 2.72. The summed E-state index contributed by atoms with van der Waals surface area (Å²) in [6, 6.07) is 4.96. The van der Waals surface area contributed by atoms with Gasteiger partial charge in [0.1, 0.15) is 5.82 Å². The van der Waals surface area contributed by atoms with E-state index in [1.807, 2.05) is 6.07 Å². The summed E-state index contributed by atoms with van der Waals surface area (Å²) in [4.78, 5) is 2.13. The second-order valence-corrected chi connectivity index (χ2v) is 5.42. The molecule has 2 aliphatic rings. The Morgan fingerprint density at radius 2 is 2.11 bits per heavy atom. The van der Waals surface area contributed by atoms with Crippen LogP contribution in [0.15, 0.2) is 18.2 Å². The van der Waals surface area contributed by atoms with Crippen LogP contribution in [0.2, 0.25) is 0 Å².